The van der Waals surface area contributed by atoms with E-state index in [0.717, 1.165) is 4.90 Å². The van der Waals surface area contributed by atoms with Crippen molar-refractivity contribution >= 4 is 17.7 Å². The van der Waals surface area contributed by atoms with E-state index in [9.17, 15) is 4.79 Å². The maximum atomic E-state index is 10.6. The highest BCUT2D eigenvalue weighted by molar-refractivity contribution is 8.00. The number of benzene rings is 1. The Bertz CT molecular complexity index is 325. The second-order valence-corrected chi connectivity index (χ2v) is 4.46. The molecule has 0 saturated heterocycles. The van der Waals surface area contributed by atoms with Gasteiger partial charge < -0.3 is 10.2 Å². The number of carboxylic acids is 1. The lowest BCUT2D eigenvalue weighted by Gasteiger charge is -2.07. The van der Waals surface area contributed by atoms with Gasteiger partial charge in [0.15, 0.2) is 0 Å². The van der Waals surface area contributed by atoms with Gasteiger partial charge in [-0.15, -0.1) is 11.8 Å². The Morgan fingerprint density at radius 1 is 1.57 bits per heavy atom. The van der Waals surface area contributed by atoms with Crippen LogP contribution in [0.2, 0.25) is 0 Å². The van der Waals surface area contributed by atoms with E-state index in [1.54, 1.807) is 18.2 Å². The Kier molecular flexibility index (Phi) is 3.98. The molecule has 2 N–H and O–H groups in total. The van der Waals surface area contributed by atoms with Crippen LogP contribution in [0.25, 0.3) is 0 Å². The number of aliphatic hydroxyl groups is 1. The first-order valence-corrected chi connectivity index (χ1v) is 5.12. The molecular formula is C10H12O3S. The third kappa shape index (κ3) is 3.05. The van der Waals surface area contributed by atoms with E-state index < -0.39 is 5.97 Å². The van der Waals surface area contributed by atoms with Crippen molar-refractivity contribution in [3.63, 3.8) is 0 Å². The lowest BCUT2D eigenvalue weighted by atomic mass is 10.2. The maximum Gasteiger partial charge on any atom is 0.335 e. The molecule has 1 aromatic rings. The Morgan fingerprint density at radius 2 is 2.29 bits per heavy atom. The van der Waals surface area contributed by atoms with E-state index in [1.807, 2.05) is 13.0 Å². The predicted octanol–water partition coefficient (Wildman–Crippen LogP) is 1.86. The molecule has 0 aliphatic rings. The minimum Gasteiger partial charge on any atom is -0.478 e. The van der Waals surface area contributed by atoms with Gasteiger partial charge in [-0.2, -0.15) is 0 Å². The molecule has 0 aliphatic heterocycles. The first-order valence-electron chi connectivity index (χ1n) is 4.24. The van der Waals surface area contributed by atoms with Gasteiger partial charge in [-0.1, -0.05) is 13.0 Å². The van der Waals surface area contributed by atoms with Crippen molar-refractivity contribution in [1.82, 2.24) is 0 Å². The van der Waals surface area contributed by atoms with Crippen LogP contribution in [-0.2, 0) is 0 Å². The van der Waals surface area contributed by atoms with Gasteiger partial charge in [-0.3, -0.25) is 0 Å². The van der Waals surface area contributed by atoms with Gasteiger partial charge in [0.05, 0.1) is 12.2 Å². The Balaban J connectivity index is 2.78. The average molecular weight is 212 g/mol. The zero-order valence-corrected chi connectivity index (χ0v) is 8.62. The fourth-order valence-electron chi connectivity index (χ4n) is 0.972. The third-order valence-corrected chi connectivity index (χ3v) is 2.75. The van der Waals surface area contributed by atoms with Crippen LogP contribution in [-0.4, -0.2) is 28.0 Å². The highest BCUT2D eigenvalue weighted by Crippen LogP contribution is 2.23. The van der Waals surface area contributed by atoms with Crippen LogP contribution in [0.15, 0.2) is 29.2 Å². The highest BCUT2D eigenvalue weighted by Gasteiger charge is 2.06. The summed E-state index contributed by atoms with van der Waals surface area (Å²) in [6, 6.07) is 6.70. The SMILES string of the molecule is CC(CO)Sc1cccc(C(=O)O)c1. The number of aliphatic hydroxyl groups excluding tert-OH is 1. The largest absolute Gasteiger partial charge is 0.478 e. The van der Waals surface area contributed by atoms with Crippen LogP contribution in [0.5, 0.6) is 0 Å². The highest BCUT2D eigenvalue weighted by atomic mass is 32.2. The van der Waals surface area contributed by atoms with Crippen molar-refractivity contribution < 1.29 is 15.0 Å². The quantitative estimate of drug-likeness (QED) is 0.748. The van der Waals surface area contributed by atoms with Crippen LogP contribution in [0.1, 0.15) is 17.3 Å². The molecule has 0 radical (unpaired) electrons. The van der Waals surface area contributed by atoms with Crippen molar-refractivity contribution in [2.24, 2.45) is 0 Å². The maximum absolute atomic E-state index is 10.6. The van der Waals surface area contributed by atoms with E-state index in [-0.39, 0.29) is 17.4 Å². The number of aromatic carboxylic acids is 1. The standard InChI is InChI=1S/C10H12O3S/c1-7(6-11)14-9-4-2-3-8(5-9)10(12)13/h2-5,7,11H,6H2,1H3,(H,12,13). The van der Waals surface area contributed by atoms with E-state index in [1.165, 1.54) is 11.8 Å². The van der Waals surface area contributed by atoms with Gasteiger partial charge in [0, 0.05) is 10.1 Å². The minimum atomic E-state index is -0.927. The summed E-state index contributed by atoms with van der Waals surface area (Å²) in [6.45, 7) is 1.97. The topological polar surface area (TPSA) is 57.5 Å². The lowest BCUT2D eigenvalue weighted by molar-refractivity contribution is 0.0696. The fourth-order valence-corrected chi connectivity index (χ4v) is 1.86. The van der Waals surface area contributed by atoms with Crippen LogP contribution in [0, 0.1) is 0 Å². The summed E-state index contributed by atoms with van der Waals surface area (Å²) in [5.74, 6) is -0.927. The Hall–Kier alpha value is -1.00. The van der Waals surface area contributed by atoms with E-state index in [0.29, 0.717) is 0 Å². The molecule has 3 nitrogen and oxygen atoms in total. The molecule has 0 bridgehead atoms. The molecule has 0 aliphatic carbocycles. The lowest BCUT2D eigenvalue weighted by Crippen LogP contribution is -2.02. The van der Waals surface area contributed by atoms with Crippen molar-refractivity contribution in [2.45, 2.75) is 17.1 Å². The van der Waals surface area contributed by atoms with Crippen molar-refractivity contribution in [3.8, 4) is 0 Å². The van der Waals surface area contributed by atoms with Crippen molar-refractivity contribution in [3.05, 3.63) is 29.8 Å². The normalized spacial score (nSPS) is 12.4. The van der Waals surface area contributed by atoms with Gasteiger partial charge in [0.2, 0.25) is 0 Å². The Morgan fingerprint density at radius 3 is 2.86 bits per heavy atom. The van der Waals surface area contributed by atoms with E-state index in [4.69, 9.17) is 10.2 Å². The monoisotopic (exact) mass is 212 g/mol. The number of thioether (sulfide) groups is 1. The minimum absolute atomic E-state index is 0.0824. The van der Waals surface area contributed by atoms with Crippen molar-refractivity contribution in [1.29, 1.82) is 0 Å². The number of rotatable bonds is 4. The van der Waals surface area contributed by atoms with Gasteiger partial charge in [0.25, 0.3) is 0 Å². The summed E-state index contributed by atoms with van der Waals surface area (Å²) in [6.07, 6.45) is 0. The summed E-state index contributed by atoms with van der Waals surface area (Å²) in [4.78, 5) is 11.5. The van der Waals surface area contributed by atoms with Crippen LogP contribution >= 0.6 is 11.8 Å². The van der Waals surface area contributed by atoms with E-state index >= 15 is 0 Å². The molecule has 4 heteroatoms. The second-order valence-electron chi connectivity index (χ2n) is 2.94. The summed E-state index contributed by atoms with van der Waals surface area (Å²) in [7, 11) is 0. The number of hydrogen-bond acceptors (Lipinski definition) is 3. The van der Waals surface area contributed by atoms with Crippen LogP contribution < -0.4 is 0 Å². The molecule has 0 spiro atoms. The molecule has 0 heterocycles. The number of hydrogen-bond donors (Lipinski definition) is 2. The molecule has 0 saturated carbocycles. The summed E-state index contributed by atoms with van der Waals surface area (Å²) in [5.41, 5.74) is 0.278. The number of carbonyl (C=O) groups is 1. The van der Waals surface area contributed by atoms with Gasteiger partial charge in [-0.25, -0.2) is 4.79 Å². The Labute approximate surface area is 86.8 Å². The molecule has 1 unspecified atom stereocenters. The van der Waals surface area contributed by atoms with Crippen LogP contribution in [0.3, 0.4) is 0 Å². The number of carboxylic acid groups (broad SMARTS) is 1. The molecule has 1 atom stereocenters. The average Bonchev–Trinajstić information content (AvgIpc) is 2.18. The van der Waals surface area contributed by atoms with Gasteiger partial charge >= 0.3 is 5.97 Å². The molecule has 76 valence electrons. The molecule has 1 aromatic carbocycles. The fraction of sp³-hybridized carbons (Fsp3) is 0.300. The molecule has 14 heavy (non-hydrogen) atoms. The third-order valence-electron chi connectivity index (χ3n) is 1.68. The van der Waals surface area contributed by atoms with Gasteiger partial charge in [-0.05, 0) is 18.2 Å². The summed E-state index contributed by atoms with van der Waals surface area (Å²) < 4.78 is 0. The summed E-state index contributed by atoms with van der Waals surface area (Å²) in [5, 5.41) is 17.7. The van der Waals surface area contributed by atoms with Crippen molar-refractivity contribution in [2.75, 3.05) is 6.61 Å². The second kappa shape index (κ2) is 5.02. The first kappa shape index (κ1) is 11.1. The van der Waals surface area contributed by atoms with Gasteiger partial charge in [0.1, 0.15) is 0 Å². The van der Waals surface area contributed by atoms with Crippen LogP contribution in [0.4, 0.5) is 0 Å². The molecule has 0 fully saturated rings. The first-order chi connectivity index (χ1) is 6.63. The smallest absolute Gasteiger partial charge is 0.335 e. The molecule has 0 aromatic heterocycles. The molecule has 0 amide bonds. The zero-order chi connectivity index (χ0) is 10.6. The zero-order valence-electron chi connectivity index (χ0n) is 7.80. The van der Waals surface area contributed by atoms with E-state index in [2.05, 4.69) is 0 Å². The molecule has 1 rings (SSSR count). The molecular weight excluding hydrogens is 200 g/mol. The predicted molar refractivity (Wildman–Crippen MR) is 55.8 cm³/mol. The summed E-state index contributed by atoms with van der Waals surface area (Å²) >= 11 is 1.46.